The largest absolute Gasteiger partial charge is 0.478 e. The van der Waals surface area contributed by atoms with Gasteiger partial charge in [0.2, 0.25) is 11.8 Å². The first kappa shape index (κ1) is 28.1. The highest BCUT2D eigenvalue weighted by atomic mass is 16.4. The van der Waals surface area contributed by atoms with Gasteiger partial charge in [0, 0.05) is 25.2 Å². The van der Waals surface area contributed by atoms with Crippen LogP contribution in [0, 0.1) is 17.8 Å². The van der Waals surface area contributed by atoms with Gasteiger partial charge in [-0.1, -0.05) is 47.1 Å². The zero-order valence-electron chi connectivity index (χ0n) is 21.5. The van der Waals surface area contributed by atoms with Gasteiger partial charge in [-0.05, 0) is 51.4 Å². The number of carbonyl (C=O) groups excluding carboxylic acids is 2. The second-order valence-electron chi connectivity index (χ2n) is 10.2. The molecule has 184 valence electrons. The van der Waals surface area contributed by atoms with Crippen molar-refractivity contribution in [2.75, 3.05) is 13.6 Å². The smallest absolute Gasteiger partial charge is 0.331 e. The van der Waals surface area contributed by atoms with Gasteiger partial charge in [0.05, 0.1) is 12.1 Å². The Morgan fingerprint density at radius 1 is 1.09 bits per heavy atom. The highest BCUT2D eigenvalue weighted by molar-refractivity contribution is 5.90. The molecule has 0 bridgehead atoms. The normalized spacial score (nSPS) is 22.2. The summed E-state index contributed by atoms with van der Waals surface area (Å²) in [5.74, 6) is -0.743. The number of carboxylic acids is 1. The minimum Gasteiger partial charge on any atom is -0.478 e. The van der Waals surface area contributed by atoms with Crippen molar-refractivity contribution < 1.29 is 19.5 Å². The molecule has 7 nitrogen and oxygen atoms in total. The number of carbonyl (C=O) groups is 3. The van der Waals surface area contributed by atoms with E-state index in [1.807, 2.05) is 27.7 Å². The summed E-state index contributed by atoms with van der Waals surface area (Å²) >= 11 is 0. The molecule has 1 saturated heterocycles. The molecule has 32 heavy (non-hydrogen) atoms. The van der Waals surface area contributed by atoms with E-state index in [0.717, 1.165) is 25.8 Å². The number of hydrogen-bond donors (Lipinski definition) is 2. The van der Waals surface area contributed by atoms with Gasteiger partial charge in [-0.25, -0.2) is 4.79 Å². The van der Waals surface area contributed by atoms with E-state index in [1.54, 1.807) is 18.0 Å². The number of hydrogen-bond acceptors (Lipinski definition) is 4. The minimum absolute atomic E-state index is 0.0301. The molecular formula is C25H45N3O4. The Morgan fingerprint density at radius 3 is 2.12 bits per heavy atom. The van der Waals surface area contributed by atoms with Crippen LogP contribution in [-0.2, 0) is 14.4 Å². The standard InChI is InChI=1S/C25H45N3O4/c1-10-19-11-12-20(28(14-19)17(6)7)23(29)26-22(16(4)5)24(30)27(9)21(15(2)3)13-18(8)25(31)32/h13,15-17,19-22H,10-12,14H2,1-9H3,(H,26,29)(H,31,32)/b18-13+/t19-,20?,21+,22-/m0/s1. The number of rotatable bonds is 10. The molecule has 0 aliphatic carbocycles. The van der Waals surface area contributed by atoms with Crippen LogP contribution < -0.4 is 5.32 Å². The fourth-order valence-electron chi connectivity index (χ4n) is 4.47. The van der Waals surface area contributed by atoms with Crippen LogP contribution in [0.4, 0.5) is 0 Å². The lowest BCUT2D eigenvalue weighted by Gasteiger charge is -2.42. The third-order valence-electron chi connectivity index (χ3n) is 6.73. The van der Waals surface area contributed by atoms with Crippen LogP contribution in [0.15, 0.2) is 11.6 Å². The number of likely N-dealkylation sites (N-methyl/N-ethyl adjacent to an activating group) is 1. The van der Waals surface area contributed by atoms with E-state index in [-0.39, 0.29) is 47.3 Å². The van der Waals surface area contributed by atoms with Crippen molar-refractivity contribution in [3.8, 4) is 0 Å². The van der Waals surface area contributed by atoms with E-state index in [0.29, 0.717) is 5.92 Å². The molecule has 1 rings (SSSR count). The van der Waals surface area contributed by atoms with E-state index in [1.165, 1.54) is 6.92 Å². The van der Waals surface area contributed by atoms with Crippen LogP contribution in [0.5, 0.6) is 0 Å². The van der Waals surface area contributed by atoms with Crippen LogP contribution >= 0.6 is 0 Å². The zero-order chi connectivity index (χ0) is 24.7. The molecule has 7 heteroatoms. The molecule has 2 N–H and O–H groups in total. The number of nitrogens with one attached hydrogen (secondary N) is 1. The fourth-order valence-corrected chi connectivity index (χ4v) is 4.47. The Morgan fingerprint density at radius 2 is 1.69 bits per heavy atom. The molecule has 1 aliphatic heterocycles. The van der Waals surface area contributed by atoms with Crippen molar-refractivity contribution in [1.82, 2.24) is 15.1 Å². The topological polar surface area (TPSA) is 90.0 Å². The first-order chi connectivity index (χ1) is 14.8. The Bertz CT molecular complexity index is 687. The van der Waals surface area contributed by atoms with E-state index in [2.05, 4.69) is 31.0 Å². The molecule has 0 saturated carbocycles. The monoisotopic (exact) mass is 451 g/mol. The first-order valence-electron chi connectivity index (χ1n) is 12.1. The maximum absolute atomic E-state index is 13.4. The van der Waals surface area contributed by atoms with Crippen LogP contribution in [0.2, 0.25) is 0 Å². The third-order valence-corrected chi connectivity index (χ3v) is 6.73. The lowest BCUT2D eigenvalue weighted by molar-refractivity contribution is -0.140. The van der Waals surface area contributed by atoms with Crippen LogP contribution in [0.1, 0.15) is 74.7 Å². The van der Waals surface area contributed by atoms with Gasteiger partial charge in [-0.15, -0.1) is 0 Å². The van der Waals surface area contributed by atoms with Crippen molar-refractivity contribution >= 4 is 17.8 Å². The second kappa shape index (κ2) is 12.4. The van der Waals surface area contributed by atoms with Gasteiger partial charge in [0.1, 0.15) is 6.04 Å². The Hall–Kier alpha value is -1.89. The predicted octanol–water partition coefficient (Wildman–Crippen LogP) is 3.54. The van der Waals surface area contributed by atoms with Crippen LogP contribution in [0.3, 0.4) is 0 Å². The molecule has 0 radical (unpaired) electrons. The minimum atomic E-state index is -0.998. The lowest BCUT2D eigenvalue weighted by Crippen LogP contribution is -2.59. The summed E-state index contributed by atoms with van der Waals surface area (Å²) < 4.78 is 0. The van der Waals surface area contributed by atoms with Gasteiger partial charge in [0.25, 0.3) is 0 Å². The summed E-state index contributed by atoms with van der Waals surface area (Å²) in [7, 11) is 1.69. The van der Waals surface area contributed by atoms with Gasteiger partial charge in [0.15, 0.2) is 0 Å². The fraction of sp³-hybridized carbons (Fsp3) is 0.800. The number of aliphatic carboxylic acids is 1. The van der Waals surface area contributed by atoms with Crippen LogP contribution in [-0.4, -0.2) is 70.4 Å². The second-order valence-corrected chi connectivity index (χ2v) is 10.2. The van der Waals surface area contributed by atoms with Crippen molar-refractivity contribution in [1.29, 1.82) is 0 Å². The zero-order valence-corrected chi connectivity index (χ0v) is 21.5. The number of carboxylic acid groups (broad SMARTS) is 1. The van der Waals surface area contributed by atoms with Gasteiger partial charge in [-0.3, -0.25) is 14.5 Å². The quantitative estimate of drug-likeness (QED) is 0.496. The SMILES string of the molecule is CC[C@H]1CCC(C(=O)N[C@H](C(=O)N(C)[C@H](/C=C(\C)C(=O)O)C(C)C)C(C)C)N(C(C)C)C1. The summed E-state index contributed by atoms with van der Waals surface area (Å²) in [5, 5.41) is 12.3. The van der Waals surface area contributed by atoms with Gasteiger partial charge in [-0.2, -0.15) is 0 Å². The van der Waals surface area contributed by atoms with Crippen molar-refractivity contribution in [2.45, 2.75) is 98.8 Å². The summed E-state index contributed by atoms with van der Waals surface area (Å²) in [6, 6.07) is -1.01. The molecule has 0 aromatic rings. The van der Waals surface area contributed by atoms with Crippen molar-refractivity contribution in [2.24, 2.45) is 17.8 Å². The molecule has 4 atom stereocenters. The number of nitrogens with zero attached hydrogens (tertiary/aromatic N) is 2. The predicted molar refractivity (Wildman–Crippen MR) is 128 cm³/mol. The summed E-state index contributed by atoms with van der Waals surface area (Å²) in [4.78, 5) is 41.9. The highest BCUT2D eigenvalue weighted by Gasteiger charge is 2.37. The van der Waals surface area contributed by atoms with Gasteiger partial charge < -0.3 is 15.3 Å². The molecule has 0 aromatic carbocycles. The average Bonchev–Trinajstić information content (AvgIpc) is 2.73. The lowest BCUT2D eigenvalue weighted by atomic mass is 9.89. The highest BCUT2D eigenvalue weighted by Crippen LogP contribution is 2.26. The van der Waals surface area contributed by atoms with E-state index in [9.17, 15) is 19.5 Å². The molecule has 0 aromatic heterocycles. The van der Waals surface area contributed by atoms with Crippen molar-refractivity contribution in [3.05, 3.63) is 11.6 Å². The maximum atomic E-state index is 13.4. The Labute approximate surface area is 194 Å². The average molecular weight is 452 g/mol. The summed E-state index contributed by atoms with van der Waals surface area (Å²) in [6.07, 6.45) is 4.55. The maximum Gasteiger partial charge on any atom is 0.331 e. The summed E-state index contributed by atoms with van der Waals surface area (Å²) in [6.45, 7) is 16.6. The Balaban J connectivity index is 3.06. The third kappa shape index (κ3) is 7.32. The molecule has 1 unspecified atom stereocenters. The van der Waals surface area contributed by atoms with Crippen LogP contribution in [0.25, 0.3) is 0 Å². The van der Waals surface area contributed by atoms with E-state index >= 15 is 0 Å². The van der Waals surface area contributed by atoms with Crippen molar-refractivity contribution in [3.63, 3.8) is 0 Å². The number of amides is 2. The molecule has 0 spiro atoms. The molecule has 1 aliphatic rings. The number of likely N-dealkylation sites (tertiary alicyclic amines) is 1. The first-order valence-corrected chi connectivity index (χ1v) is 12.1. The summed E-state index contributed by atoms with van der Waals surface area (Å²) in [5.41, 5.74) is 0.203. The molecular weight excluding hydrogens is 406 g/mol. The van der Waals surface area contributed by atoms with E-state index in [4.69, 9.17) is 0 Å². The van der Waals surface area contributed by atoms with E-state index < -0.39 is 12.0 Å². The number of piperidine rings is 1. The molecule has 1 heterocycles. The van der Waals surface area contributed by atoms with Gasteiger partial charge >= 0.3 is 5.97 Å². The molecule has 2 amide bonds. The Kier molecular flexibility index (Phi) is 10.9. The molecule has 1 fully saturated rings.